The molecule has 1 aromatic carbocycles. The Labute approximate surface area is 127 Å². The predicted octanol–water partition coefficient (Wildman–Crippen LogP) is 1.91. The summed E-state index contributed by atoms with van der Waals surface area (Å²) in [6, 6.07) is 6.85. The van der Waals surface area contributed by atoms with Crippen LogP contribution in [0.3, 0.4) is 0 Å². The summed E-state index contributed by atoms with van der Waals surface area (Å²) in [6.07, 6.45) is 2.70. The highest BCUT2D eigenvalue weighted by molar-refractivity contribution is 7.91. The number of hydrogen-bond donors (Lipinski definition) is 2. The van der Waals surface area contributed by atoms with Gasteiger partial charge >= 0.3 is 0 Å². The van der Waals surface area contributed by atoms with Gasteiger partial charge in [-0.1, -0.05) is 24.1 Å². The molecule has 3 atom stereocenters. The van der Waals surface area contributed by atoms with Crippen LogP contribution in [0.4, 0.5) is 0 Å². The van der Waals surface area contributed by atoms with Crippen molar-refractivity contribution in [2.45, 2.75) is 50.2 Å². The van der Waals surface area contributed by atoms with Crippen molar-refractivity contribution in [2.75, 3.05) is 12.3 Å². The van der Waals surface area contributed by atoms with E-state index in [4.69, 9.17) is 0 Å². The lowest BCUT2D eigenvalue weighted by Crippen LogP contribution is -2.38. The van der Waals surface area contributed by atoms with Crippen molar-refractivity contribution in [3.05, 3.63) is 29.8 Å². The van der Waals surface area contributed by atoms with Crippen molar-refractivity contribution in [1.29, 1.82) is 0 Å². The van der Waals surface area contributed by atoms with E-state index < -0.39 is 9.84 Å². The van der Waals surface area contributed by atoms with Gasteiger partial charge in [-0.3, -0.25) is 0 Å². The zero-order valence-corrected chi connectivity index (χ0v) is 13.6. The molecule has 2 rings (SSSR count). The first-order valence-corrected chi connectivity index (χ1v) is 9.24. The molecular weight excluding hydrogens is 286 g/mol. The van der Waals surface area contributed by atoms with Gasteiger partial charge in [-0.15, -0.1) is 0 Å². The maximum atomic E-state index is 12.3. The topological polar surface area (TPSA) is 66.4 Å². The molecule has 1 fully saturated rings. The molecule has 0 aromatic heterocycles. The first-order valence-electron chi connectivity index (χ1n) is 7.59. The molecule has 1 aromatic rings. The molecule has 0 amide bonds. The van der Waals surface area contributed by atoms with Gasteiger partial charge in [0.1, 0.15) is 0 Å². The van der Waals surface area contributed by atoms with Crippen molar-refractivity contribution >= 4 is 9.84 Å². The number of sulfone groups is 1. The number of aliphatic hydroxyl groups excluding tert-OH is 1. The van der Waals surface area contributed by atoms with E-state index in [-0.39, 0.29) is 23.8 Å². The number of benzene rings is 1. The molecule has 0 saturated heterocycles. The maximum Gasteiger partial charge on any atom is 0.179 e. The SMILES string of the molecule is Cc1ccc(S(=O)(=O)C[C@H](C)NC[C@H]2CCC[C@H]2O)cc1. The molecule has 0 bridgehead atoms. The third-order valence-electron chi connectivity index (χ3n) is 4.20. The average Bonchev–Trinajstić information content (AvgIpc) is 2.82. The fourth-order valence-electron chi connectivity index (χ4n) is 2.84. The minimum atomic E-state index is -3.26. The van der Waals surface area contributed by atoms with Gasteiger partial charge in [-0.25, -0.2) is 8.42 Å². The Morgan fingerprint density at radius 1 is 1.29 bits per heavy atom. The quantitative estimate of drug-likeness (QED) is 0.842. The highest BCUT2D eigenvalue weighted by atomic mass is 32.2. The second-order valence-electron chi connectivity index (χ2n) is 6.16. The summed E-state index contributed by atoms with van der Waals surface area (Å²) < 4.78 is 24.6. The van der Waals surface area contributed by atoms with Crippen LogP contribution in [0.2, 0.25) is 0 Å². The lowest BCUT2D eigenvalue weighted by molar-refractivity contribution is 0.130. The highest BCUT2D eigenvalue weighted by Gasteiger charge is 2.26. The minimum absolute atomic E-state index is 0.0822. The van der Waals surface area contributed by atoms with E-state index in [1.807, 2.05) is 26.0 Å². The molecule has 1 saturated carbocycles. The normalized spacial score (nSPS) is 24.1. The van der Waals surface area contributed by atoms with E-state index in [1.165, 1.54) is 0 Å². The number of aryl methyl sites for hydroxylation is 1. The Kier molecular flexibility index (Phi) is 5.41. The Morgan fingerprint density at radius 2 is 1.95 bits per heavy atom. The summed E-state index contributed by atoms with van der Waals surface area (Å²) in [6.45, 7) is 4.51. The molecular formula is C16H25NO3S. The summed E-state index contributed by atoms with van der Waals surface area (Å²) >= 11 is 0. The van der Waals surface area contributed by atoms with Gasteiger partial charge < -0.3 is 10.4 Å². The average molecular weight is 311 g/mol. The zero-order chi connectivity index (χ0) is 15.5. The monoisotopic (exact) mass is 311 g/mol. The lowest BCUT2D eigenvalue weighted by atomic mass is 10.1. The van der Waals surface area contributed by atoms with Gasteiger partial charge in [-0.2, -0.15) is 0 Å². The minimum Gasteiger partial charge on any atom is -0.393 e. The highest BCUT2D eigenvalue weighted by Crippen LogP contribution is 2.24. The molecule has 1 aliphatic carbocycles. The van der Waals surface area contributed by atoms with Gasteiger partial charge in [0, 0.05) is 12.6 Å². The first kappa shape index (κ1) is 16.5. The van der Waals surface area contributed by atoms with Crippen molar-refractivity contribution in [3.63, 3.8) is 0 Å². The van der Waals surface area contributed by atoms with Gasteiger partial charge in [0.2, 0.25) is 0 Å². The molecule has 0 aliphatic heterocycles. The van der Waals surface area contributed by atoms with E-state index in [0.29, 0.717) is 11.4 Å². The van der Waals surface area contributed by atoms with Crippen molar-refractivity contribution in [1.82, 2.24) is 5.32 Å². The Hall–Kier alpha value is -0.910. The number of nitrogens with one attached hydrogen (secondary N) is 1. The Morgan fingerprint density at radius 3 is 2.52 bits per heavy atom. The molecule has 2 N–H and O–H groups in total. The summed E-state index contributed by atoms with van der Waals surface area (Å²) in [4.78, 5) is 0.377. The second-order valence-corrected chi connectivity index (χ2v) is 8.20. The fourth-order valence-corrected chi connectivity index (χ4v) is 4.36. The largest absolute Gasteiger partial charge is 0.393 e. The number of hydrogen-bond acceptors (Lipinski definition) is 4. The van der Waals surface area contributed by atoms with Crippen LogP contribution in [-0.2, 0) is 9.84 Å². The van der Waals surface area contributed by atoms with Crippen LogP contribution in [0, 0.1) is 12.8 Å². The third kappa shape index (κ3) is 4.53. The Balaban J connectivity index is 1.89. The standard InChI is InChI=1S/C16H25NO3S/c1-12-6-8-15(9-7-12)21(19,20)11-13(2)17-10-14-4-3-5-16(14)18/h6-9,13-14,16-18H,3-5,10-11H2,1-2H3/t13-,14+,16+/m0/s1. The summed E-state index contributed by atoms with van der Waals surface area (Å²) in [7, 11) is -3.26. The van der Waals surface area contributed by atoms with E-state index in [2.05, 4.69) is 5.32 Å². The van der Waals surface area contributed by atoms with E-state index >= 15 is 0 Å². The molecule has 5 heteroatoms. The van der Waals surface area contributed by atoms with Crippen LogP contribution >= 0.6 is 0 Å². The molecule has 0 heterocycles. The van der Waals surface area contributed by atoms with Crippen LogP contribution in [0.5, 0.6) is 0 Å². The predicted molar refractivity (Wildman–Crippen MR) is 84.0 cm³/mol. The molecule has 0 radical (unpaired) electrons. The number of rotatable bonds is 6. The van der Waals surface area contributed by atoms with Crippen molar-refractivity contribution in [3.8, 4) is 0 Å². The first-order chi connectivity index (χ1) is 9.88. The Bertz CT molecular complexity index is 553. The molecule has 21 heavy (non-hydrogen) atoms. The maximum absolute atomic E-state index is 12.3. The zero-order valence-electron chi connectivity index (χ0n) is 12.7. The van der Waals surface area contributed by atoms with Crippen LogP contribution in [0.1, 0.15) is 31.7 Å². The van der Waals surface area contributed by atoms with Crippen LogP contribution in [0.15, 0.2) is 29.2 Å². The van der Waals surface area contributed by atoms with Crippen LogP contribution in [0.25, 0.3) is 0 Å². The van der Waals surface area contributed by atoms with Crippen LogP contribution < -0.4 is 5.32 Å². The van der Waals surface area contributed by atoms with Crippen molar-refractivity contribution in [2.24, 2.45) is 5.92 Å². The van der Waals surface area contributed by atoms with Gasteiger partial charge in [0.15, 0.2) is 9.84 Å². The smallest absolute Gasteiger partial charge is 0.179 e. The summed E-state index contributed by atoms with van der Waals surface area (Å²) in [5.74, 6) is 0.341. The summed E-state index contributed by atoms with van der Waals surface area (Å²) in [5, 5.41) is 13.0. The van der Waals surface area contributed by atoms with Gasteiger partial charge in [0.25, 0.3) is 0 Å². The lowest BCUT2D eigenvalue weighted by Gasteiger charge is -2.19. The number of aliphatic hydroxyl groups is 1. The molecule has 118 valence electrons. The second kappa shape index (κ2) is 6.90. The van der Waals surface area contributed by atoms with Gasteiger partial charge in [-0.05, 0) is 44.7 Å². The van der Waals surface area contributed by atoms with E-state index in [0.717, 1.165) is 24.8 Å². The van der Waals surface area contributed by atoms with E-state index in [1.54, 1.807) is 12.1 Å². The fraction of sp³-hybridized carbons (Fsp3) is 0.625. The molecule has 0 unspecified atom stereocenters. The third-order valence-corrected chi connectivity index (χ3v) is 6.13. The van der Waals surface area contributed by atoms with Gasteiger partial charge in [0.05, 0.1) is 16.8 Å². The summed E-state index contributed by atoms with van der Waals surface area (Å²) in [5.41, 5.74) is 1.05. The van der Waals surface area contributed by atoms with Crippen LogP contribution in [-0.4, -0.2) is 38.0 Å². The van der Waals surface area contributed by atoms with Crippen molar-refractivity contribution < 1.29 is 13.5 Å². The molecule has 1 aliphatic rings. The van der Waals surface area contributed by atoms with E-state index in [9.17, 15) is 13.5 Å². The molecule has 4 nitrogen and oxygen atoms in total. The molecule has 0 spiro atoms.